The van der Waals surface area contributed by atoms with Crippen molar-refractivity contribution in [2.24, 2.45) is 0 Å². The minimum atomic E-state index is -3.90. The summed E-state index contributed by atoms with van der Waals surface area (Å²) in [6.45, 7) is 5.23. The Hall–Kier alpha value is -3.44. The molecule has 3 aromatic rings. The number of carbonyl (C=O) groups is 1. The van der Waals surface area contributed by atoms with Gasteiger partial charge < -0.3 is 14.7 Å². The summed E-state index contributed by atoms with van der Waals surface area (Å²) in [6, 6.07) is 14.3. The molecule has 1 fully saturated rings. The first-order valence-corrected chi connectivity index (χ1v) is 14.3. The molecule has 1 N–H and O–H groups in total. The molecule has 1 aromatic heterocycles. The molecule has 3 heterocycles. The number of rotatable bonds is 6. The number of piperazine rings is 1. The summed E-state index contributed by atoms with van der Waals surface area (Å²) in [5.74, 6) is -0.762. The Labute approximate surface area is 226 Å². The number of hydrogen-bond donors (Lipinski definition) is 1. The van der Waals surface area contributed by atoms with Gasteiger partial charge in [-0.3, -0.25) is 9.52 Å². The van der Waals surface area contributed by atoms with Gasteiger partial charge in [0.1, 0.15) is 6.04 Å². The molecule has 38 heavy (non-hydrogen) atoms. The van der Waals surface area contributed by atoms with Gasteiger partial charge in [-0.05, 0) is 79.9 Å². The smallest absolute Gasteiger partial charge is 0.263 e. The highest BCUT2D eigenvalue weighted by molar-refractivity contribution is 7.92. The third-order valence-electron chi connectivity index (χ3n) is 7.00. The van der Waals surface area contributed by atoms with Crippen molar-refractivity contribution in [1.82, 2.24) is 15.1 Å². The van der Waals surface area contributed by atoms with Crippen molar-refractivity contribution in [3.8, 4) is 0 Å². The van der Waals surface area contributed by atoms with Crippen LogP contribution in [0.3, 0.4) is 0 Å². The molecule has 0 unspecified atom stereocenters. The predicted molar refractivity (Wildman–Crippen MR) is 145 cm³/mol. The monoisotopic (exact) mass is 558 g/mol. The van der Waals surface area contributed by atoms with Gasteiger partial charge in [0.15, 0.2) is 5.82 Å². The van der Waals surface area contributed by atoms with Gasteiger partial charge in [0.25, 0.3) is 10.0 Å². The zero-order valence-corrected chi connectivity index (χ0v) is 22.4. The Morgan fingerprint density at radius 3 is 2.42 bits per heavy atom. The molecule has 0 radical (unpaired) electrons. The highest BCUT2D eigenvalue weighted by Crippen LogP contribution is 2.31. The molecular weight excluding hydrogens is 531 g/mol. The second-order valence-corrected chi connectivity index (χ2v) is 11.5. The quantitative estimate of drug-likeness (QED) is 0.494. The molecule has 2 aromatic carbocycles. The van der Waals surface area contributed by atoms with Gasteiger partial charge in [-0.1, -0.05) is 11.6 Å². The molecule has 5 rings (SSSR count). The molecule has 0 aliphatic carbocycles. The van der Waals surface area contributed by atoms with E-state index in [0.29, 0.717) is 31.2 Å². The summed E-state index contributed by atoms with van der Waals surface area (Å²) >= 11 is 6.17. The molecule has 0 saturated carbocycles. The van der Waals surface area contributed by atoms with E-state index in [0.717, 1.165) is 36.8 Å². The van der Waals surface area contributed by atoms with E-state index in [2.05, 4.69) is 24.7 Å². The molecule has 9 nitrogen and oxygen atoms in total. The van der Waals surface area contributed by atoms with E-state index in [4.69, 9.17) is 11.6 Å². The van der Waals surface area contributed by atoms with Gasteiger partial charge in [-0.2, -0.15) is 4.39 Å². The van der Waals surface area contributed by atoms with Crippen LogP contribution < -0.4 is 14.5 Å². The predicted octanol–water partition coefficient (Wildman–Crippen LogP) is 3.56. The van der Waals surface area contributed by atoms with E-state index in [1.807, 2.05) is 30.0 Å². The van der Waals surface area contributed by atoms with Crippen molar-refractivity contribution in [2.75, 3.05) is 47.2 Å². The Morgan fingerprint density at radius 2 is 1.74 bits per heavy atom. The van der Waals surface area contributed by atoms with Crippen LogP contribution in [0.15, 0.2) is 59.5 Å². The molecule has 1 atom stereocenters. The Balaban J connectivity index is 1.19. The maximum absolute atomic E-state index is 13.4. The van der Waals surface area contributed by atoms with Gasteiger partial charge in [0, 0.05) is 49.1 Å². The number of fused-ring (bicyclic) bond motifs is 1. The van der Waals surface area contributed by atoms with Crippen LogP contribution >= 0.6 is 11.6 Å². The van der Waals surface area contributed by atoms with Crippen LogP contribution in [0.4, 0.5) is 21.6 Å². The average molecular weight is 559 g/mol. The molecule has 1 saturated heterocycles. The van der Waals surface area contributed by atoms with E-state index >= 15 is 0 Å². The first-order chi connectivity index (χ1) is 18.2. The lowest BCUT2D eigenvalue weighted by molar-refractivity contribution is -0.132. The first kappa shape index (κ1) is 26.2. The van der Waals surface area contributed by atoms with Crippen LogP contribution in [0.1, 0.15) is 18.9 Å². The largest absolute Gasteiger partial charge is 0.368 e. The van der Waals surface area contributed by atoms with Crippen LogP contribution in [0.2, 0.25) is 5.02 Å². The van der Waals surface area contributed by atoms with Gasteiger partial charge >= 0.3 is 0 Å². The molecule has 200 valence electrons. The maximum Gasteiger partial charge on any atom is 0.263 e. The number of sulfonamides is 1. The Morgan fingerprint density at radius 1 is 1.00 bits per heavy atom. The summed E-state index contributed by atoms with van der Waals surface area (Å²) in [7, 11) is -3.90. The number of carbonyl (C=O) groups excluding carboxylic acids is 1. The van der Waals surface area contributed by atoms with Crippen molar-refractivity contribution in [1.29, 1.82) is 0 Å². The van der Waals surface area contributed by atoms with E-state index in [1.165, 1.54) is 23.8 Å². The fraction of sp³-hybridized carbons (Fsp3) is 0.346. The van der Waals surface area contributed by atoms with Gasteiger partial charge in [0.05, 0.1) is 4.90 Å². The van der Waals surface area contributed by atoms with Crippen LogP contribution in [0.5, 0.6) is 0 Å². The molecule has 2 aliphatic rings. The summed E-state index contributed by atoms with van der Waals surface area (Å²) in [5.41, 5.74) is 3.13. The van der Waals surface area contributed by atoms with Crippen LogP contribution in [0, 0.1) is 5.95 Å². The molecule has 0 spiro atoms. The van der Waals surface area contributed by atoms with Crippen molar-refractivity contribution < 1.29 is 17.6 Å². The van der Waals surface area contributed by atoms with Crippen molar-refractivity contribution in [2.45, 2.75) is 30.7 Å². The highest BCUT2D eigenvalue weighted by Gasteiger charge is 2.31. The lowest BCUT2D eigenvalue weighted by atomic mass is 10.00. The number of aryl methyl sites for hydroxylation is 1. The molecular formula is C26H28ClFN6O3S. The Kier molecular flexibility index (Phi) is 7.40. The van der Waals surface area contributed by atoms with Crippen LogP contribution in [-0.2, 0) is 21.2 Å². The fourth-order valence-electron chi connectivity index (χ4n) is 4.98. The standard InChI is InChI=1S/C26H28ClFN6O3S/c1-18(34-12-2-3-19-17-20(27)4-9-23(19)34)26(35)33-15-13-32(14-16-33)21-5-7-22(8-6-21)38(36,37)31-25-11-10-24(28)29-30-25/h4-11,17-18H,2-3,12-16H2,1H3,(H,30,31)/t18-/m1/s1. The van der Waals surface area contributed by atoms with E-state index in [-0.39, 0.29) is 22.7 Å². The third kappa shape index (κ3) is 5.53. The van der Waals surface area contributed by atoms with E-state index in [9.17, 15) is 17.6 Å². The lowest BCUT2D eigenvalue weighted by Crippen LogP contribution is -2.55. The minimum absolute atomic E-state index is 0.0538. The number of amides is 1. The van der Waals surface area contributed by atoms with Crippen LogP contribution in [0.25, 0.3) is 0 Å². The van der Waals surface area contributed by atoms with Gasteiger partial charge in [0.2, 0.25) is 11.9 Å². The van der Waals surface area contributed by atoms with Gasteiger partial charge in [-0.15, -0.1) is 10.2 Å². The first-order valence-electron chi connectivity index (χ1n) is 12.4. The summed E-state index contributed by atoms with van der Waals surface area (Å²) in [5, 5.41) is 7.42. The molecule has 12 heteroatoms. The third-order valence-corrected chi connectivity index (χ3v) is 8.60. The van der Waals surface area contributed by atoms with E-state index in [1.54, 1.807) is 12.1 Å². The maximum atomic E-state index is 13.4. The number of halogens is 2. The second kappa shape index (κ2) is 10.7. The highest BCUT2D eigenvalue weighted by atomic mass is 35.5. The normalized spacial score (nSPS) is 16.7. The zero-order valence-electron chi connectivity index (χ0n) is 20.8. The molecule has 2 aliphatic heterocycles. The number of nitrogens with zero attached hydrogens (tertiary/aromatic N) is 5. The Bertz CT molecular complexity index is 1410. The zero-order chi connectivity index (χ0) is 26.9. The number of aromatic nitrogens is 2. The summed E-state index contributed by atoms with van der Waals surface area (Å²) in [6.07, 6.45) is 1.94. The number of anilines is 3. The molecule has 0 bridgehead atoms. The second-order valence-electron chi connectivity index (χ2n) is 9.40. The van der Waals surface area contributed by atoms with Crippen molar-refractivity contribution >= 4 is 44.7 Å². The average Bonchev–Trinajstić information content (AvgIpc) is 2.93. The van der Waals surface area contributed by atoms with Crippen LogP contribution in [-0.4, -0.2) is 68.2 Å². The SMILES string of the molecule is C[C@H](C(=O)N1CCN(c2ccc(S(=O)(=O)Nc3ccc(F)nn3)cc2)CC1)N1CCCc2cc(Cl)ccc21. The summed E-state index contributed by atoms with van der Waals surface area (Å²) in [4.78, 5) is 19.6. The fourth-order valence-corrected chi connectivity index (χ4v) is 6.17. The number of benzene rings is 2. The number of nitrogens with one attached hydrogen (secondary N) is 1. The molecule has 1 amide bonds. The van der Waals surface area contributed by atoms with Crippen molar-refractivity contribution in [3.63, 3.8) is 0 Å². The summed E-state index contributed by atoms with van der Waals surface area (Å²) < 4.78 is 40.5. The van der Waals surface area contributed by atoms with Gasteiger partial charge in [-0.25, -0.2) is 8.42 Å². The van der Waals surface area contributed by atoms with E-state index < -0.39 is 16.0 Å². The lowest BCUT2D eigenvalue weighted by Gasteiger charge is -2.41. The van der Waals surface area contributed by atoms with Crippen molar-refractivity contribution in [3.05, 3.63) is 71.1 Å². The number of hydrogen-bond acceptors (Lipinski definition) is 7. The topological polar surface area (TPSA) is 98.7 Å². The minimum Gasteiger partial charge on any atom is -0.368 e.